The summed E-state index contributed by atoms with van der Waals surface area (Å²) in [6, 6.07) is 10.3. The predicted molar refractivity (Wildman–Crippen MR) is 82.5 cm³/mol. The Labute approximate surface area is 126 Å². The second-order valence-corrected chi connectivity index (χ2v) is 6.09. The van der Waals surface area contributed by atoms with Gasteiger partial charge in [-0.2, -0.15) is 0 Å². The highest BCUT2D eigenvalue weighted by Crippen LogP contribution is 2.46. The summed E-state index contributed by atoms with van der Waals surface area (Å²) in [5, 5.41) is 0. The number of fused-ring (bicyclic) bond motifs is 1. The van der Waals surface area contributed by atoms with Gasteiger partial charge in [-0.15, -0.1) is 6.58 Å². The van der Waals surface area contributed by atoms with Crippen molar-refractivity contribution < 1.29 is 9.53 Å². The lowest BCUT2D eigenvalue weighted by molar-refractivity contribution is -0.157. The van der Waals surface area contributed by atoms with E-state index in [1.807, 2.05) is 29.2 Å². The van der Waals surface area contributed by atoms with Crippen LogP contribution in [0, 0.1) is 5.41 Å². The van der Waals surface area contributed by atoms with Crippen molar-refractivity contribution in [2.75, 3.05) is 6.61 Å². The molecule has 0 aromatic heterocycles. The van der Waals surface area contributed by atoms with Gasteiger partial charge in [-0.05, 0) is 31.2 Å². The number of amides is 1. The van der Waals surface area contributed by atoms with Crippen molar-refractivity contribution in [3.8, 4) is 0 Å². The second kappa shape index (κ2) is 5.64. The van der Waals surface area contributed by atoms with E-state index in [1.54, 1.807) is 0 Å². The summed E-state index contributed by atoms with van der Waals surface area (Å²) in [5.41, 5.74) is 0.887. The van der Waals surface area contributed by atoms with Crippen LogP contribution in [0.5, 0.6) is 0 Å². The lowest BCUT2D eigenvalue weighted by Crippen LogP contribution is -2.51. The Morgan fingerprint density at radius 1 is 1.43 bits per heavy atom. The lowest BCUT2D eigenvalue weighted by Gasteiger charge is -2.43. The van der Waals surface area contributed by atoms with Gasteiger partial charge in [-0.3, -0.25) is 4.79 Å². The number of piperidine rings is 1. The van der Waals surface area contributed by atoms with Gasteiger partial charge in [0.1, 0.15) is 6.23 Å². The van der Waals surface area contributed by atoms with Crippen LogP contribution in [0.25, 0.3) is 0 Å². The fourth-order valence-corrected chi connectivity index (χ4v) is 3.71. The largest absolute Gasteiger partial charge is 0.356 e. The number of hydrogen-bond acceptors (Lipinski definition) is 2. The molecule has 2 aliphatic heterocycles. The first kappa shape index (κ1) is 14.3. The molecule has 0 N–H and O–H groups in total. The van der Waals surface area contributed by atoms with Crippen molar-refractivity contribution in [2.45, 2.75) is 44.9 Å². The third-order valence-electron chi connectivity index (χ3n) is 5.05. The topological polar surface area (TPSA) is 29.5 Å². The van der Waals surface area contributed by atoms with Gasteiger partial charge in [-0.1, -0.05) is 43.3 Å². The number of benzene rings is 1. The summed E-state index contributed by atoms with van der Waals surface area (Å²) >= 11 is 0. The molecule has 0 radical (unpaired) electrons. The number of carbonyl (C=O) groups is 1. The van der Waals surface area contributed by atoms with E-state index in [0.717, 1.165) is 25.7 Å². The number of allylic oxidation sites excluding steroid dienone is 1. The van der Waals surface area contributed by atoms with Gasteiger partial charge in [-0.25, -0.2) is 0 Å². The Kier molecular flexibility index (Phi) is 3.85. The van der Waals surface area contributed by atoms with Crippen molar-refractivity contribution in [3.63, 3.8) is 0 Å². The molecule has 0 aliphatic carbocycles. The summed E-state index contributed by atoms with van der Waals surface area (Å²) < 4.78 is 5.89. The van der Waals surface area contributed by atoms with Crippen LogP contribution in [0.3, 0.4) is 0 Å². The van der Waals surface area contributed by atoms with Gasteiger partial charge >= 0.3 is 0 Å². The molecule has 1 amide bonds. The zero-order valence-electron chi connectivity index (χ0n) is 12.6. The van der Waals surface area contributed by atoms with Crippen LogP contribution in [0.1, 0.15) is 44.2 Å². The molecule has 1 aromatic carbocycles. The minimum Gasteiger partial charge on any atom is -0.356 e. The Bertz CT molecular complexity index is 527. The first-order valence-electron chi connectivity index (χ1n) is 7.82. The molecule has 112 valence electrons. The van der Waals surface area contributed by atoms with E-state index >= 15 is 0 Å². The molecular formula is C18H23NO2. The maximum atomic E-state index is 13.1. The van der Waals surface area contributed by atoms with Crippen molar-refractivity contribution in [1.29, 1.82) is 0 Å². The van der Waals surface area contributed by atoms with Gasteiger partial charge < -0.3 is 9.64 Å². The first-order valence-corrected chi connectivity index (χ1v) is 7.82. The molecule has 0 unspecified atom stereocenters. The van der Waals surface area contributed by atoms with E-state index in [-0.39, 0.29) is 23.6 Å². The SMILES string of the molecule is C=CC[C@]1(CC)CC[C@H]2OC[C@H](c3ccccc3)N2C1=O. The van der Waals surface area contributed by atoms with E-state index in [9.17, 15) is 4.79 Å². The standard InChI is InChI=1S/C18H23NO2/c1-3-11-18(4-2)12-10-16-19(17(18)20)15(13-21-16)14-8-6-5-7-9-14/h3,5-9,15-16H,1,4,10-13H2,2H3/t15-,16-,18-/m1/s1. The zero-order chi connectivity index (χ0) is 14.9. The van der Waals surface area contributed by atoms with E-state index in [2.05, 4.69) is 25.6 Å². The fourth-order valence-electron chi connectivity index (χ4n) is 3.71. The molecule has 3 nitrogen and oxygen atoms in total. The lowest BCUT2D eigenvalue weighted by atomic mass is 9.73. The highest BCUT2D eigenvalue weighted by Gasteiger charge is 2.50. The van der Waals surface area contributed by atoms with Crippen molar-refractivity contribution >= 4 is 5.91 Å². The molecule has 1 aromatic rings. The Morgan fingerprint density at radius 3 is 2.86 bits per heavy atom. The van der Waals surface area contributed by atoms with Crippen molar-refractivity contribution in [3.05, 3.63) is 48.6 Å². The minimum atomic E-state index is -0.279. The predicted octanol–water partition coefficient (Wildman–Crippen LogP) is 3.68. The molecule has 3 heteroatoms. The van der Waals surface area contributed by atoms with E-state index in [0.29, 0.717) is 6.61 Å². The Balaban J connectivity index is 1.92. The smallest absolute Gasteiger partial charge is 0.231 e. The monoisotopic (exact) mass is 285 g/mol. The van der Waals surface area contributed by atoms with Gasteiger partial charge in [0, 0.05) is 0 Å². The van der Waals surface area contributed by atoms with E-state index in [4.69, 9.17) is 4.74 Å². The Morgan fingerprint density at radius 2 is 2.19 bits per heavy atom. The molecule has 0 saturated carbocycles. The van der Waals surface area contributed by atoms with Gasteiger partial charge in [0.2, 0.25) is 5.91 Å². The van der Waals surface area contributed by atoms with Crippen molar-refractivity contribution in [1.82, 2.24) is 4.90 Å². The molecule has 2 saturated heterocycles. The number of hydrogen-bond donors (Lipinski definition) is 0. The first-order chi connectivity index (χ1) is 10.2. The van der Waals surface area contributed by atoms with Crippen LogP contribution in [-0.4, -0.2) is 23.6 Å². The highest BCUT2D eigenvalue weighted by molar-refractivity contribution is 5.84. The fraction of sp³-hybridized carbons (Fsp3) is 0.500. The third kappa shape index (κ3) is 2.30. The maximum absolute atomic E-state index is 13.1. The van der Waals surface area contributed by atoms with E-state index in [1.165, 1.54) is 5.56 Å². The normalized spacial score (nSPS) is 32.0. The van der Waals surface area contributed by atoms with Crippen molar-refractivity contribution in [2.24, 2.45) is 5.41 Å². The molecule has 2 heterocycles. The molecule has 0 bridgehead atoms. The number of carbonyl (C=O) groups excluding carboxylic acids is 1. The maximum Gasteiger partial charge on any atom is 0.231 e. The summed E-state index contributed by atoms with van der Waals surface area (Å²) in [5.74, 6) is 0.243. The summed E-state index contributed by atoms with van der Waals surface area (Å²) in [7, 11) is 0. The summed E-state index contributed by atoms with van der Waals surface area (Å²) in [4.78, 5) is 15.1. The third-order valence-corrected chi connectivity index (χ3v) is 5.05. The molecule has 3 rings (SSSR count). The molecule has 2 fully saturated rings. The van der Waals surface area contributed by atoms with Crippen LogP contribution in [-0.2, 0) is 9.53 Å². The Hall–Kier alpha value is -1.61. The average molecular weight is 285 g/mol. The van der Waals surface area contributed by atoms with Crippen LogP contribution in [0.4, 0.5) is 0 Å². The molecule has 2 aliphatic rings. The quantitative estimate of drug-likeness (QED) is 0.790. The van der Waals surface area contributed by atoms with Gasteiger partial charge in [0.05, 0.1) is 18.1 Å². The van der Waals surface area contributed by atoms with Crippen LogP contribution in [0.15, 0.2) is 43.0 Å². The summed E-state index contributed by atoms with van der Waals surface area (Å²) in [6.07, 6.45) is 5.28. The number of rotatable bonds is 4. The average Bonchev–Trinajstić information content (AvgIpc) is 2.96. The molecule has 21 heavy (non-hydrogen) atoms. The molecular weight excluding hydrogens is 262 g/mol. The second-order valence-electron chi connectivity index (χ2n) is 6.09. The number of ether oxygens (including phenoxy) is 1. The van der Waals surface area contributed by atoms with Crippen LogP contribution < -0.4 is 0 Å². The van der Waals surface area contributed by atoms with E-state index < -0.39 is 0 Å². The highest BCUT2D eigenvalue weighted by atomic mass is 16.5. The van der Waals surface area contributed by atoms with Crippen LogP contribution >= 0.6 is 0 Å². The zero-order valence-corrected chi connectivity index (χ0v) is 12.6. The minimum absolute atomic E-state index is 0.0489. The summed E-state index contributed by atoms with van der Waals surface area (Å²) in [6.45, 7) is 6.56. The number of nitrogens with zero attached hydrogens (tertiary/aromatic N) is 1. The molecule has 3 atom stereocenters. The van der Waals surface area contributed by atoms with Crippen LogP contribution in [0.2, 0.25) is 0 Å². The molecule has 0 spiro atoms. The van der Waals surface area contributed by atoms with Gasteiger partial charge in [0.15, 0.2) is 0 Å². The van der Waals surface area contributed by atoms with Gasteiger partial charge in [0.25, 0.3) is 0 Å².